The highest BCUT2D eigenvalue weighted by Gasteiger charge is 2.35. The normalized spacial score (nSPS) is 16.5. The second kappa shape index (κ2) is 8.06. The molecule has 11 heteroatoms. The van der Waals surface area contributed by atoms with E-state index in [1.807, 2.05) is 7.05 Å². The number of hydrogen-bond acceptors (Lipinski definition) is 6. The summed E-state index contributed by atoms with van der Waals surface area (Å²) in [5.41, 5.74) is 0.566. The van der Waals surface area contributed by atoms with Crippen LogP contribution in [0.5, 0.6) is 0 Å². The lowest BCUT2D eigenvalue weighted by Crippen LogP contribution is -2.46. The minimum atomic E-state index is -4.69. The molecule has 1 aromatic heterocycles. The van der Waals surface area contributed by atoms with Gasteiger partial charge in [0.25, 0.3) is 0 Å². The van der Waals surface area contributed by atoms with E-state index in [-0.39, 0.29) is 16.2 Å². The van der Waals surface area contributed by atoms with E-state index in [1.54, 1.807) is 18.2 Å². The maximum absolute atomic E-state index is 13.2. The van der Waals surface area contributed by atoms with Crippen LogP contribution in [0.1, 0.15) is 5.82 Å². The Kier molecular flexibility index (Phi) is 5.58. The summed E-state index contributed by atoms with van der Waals surface area (Å²) in [7, 11) is -1.70. The van der Waals surface area contributed by atoms with Gasteiger partial charge in [-0.2, -0.15) is 17.5 Å². The maximum atomic E-state index is 13.2. The average Bonchev–Trinajstić information content (AvgIpc) is 2.74. The monoisotopic (exact) mass is 451 g/mol. The van der Waals surface area contributed by atoms with Gasteiger partial charge in [-0.1, -0.05) is 12.1 Å². The van der Waals surface area contributed by atoms with Crippen molar-refractivity contribution < 1.29 is 21.6 Å². The number of sulfonamides is 1. The molecule has 0 amide bonds. The summed E-state index contributed by atoms with van der Waals surface area (Å²) < 4.78 is 66.7. The molecule has 1 saturated heterocycles. The smallest absolute Gasteiger partial charge is 0.340 e. The Morgan fingerprint density at radius 3 is 2.23 bits per heavy atom. The van der Waals surface area contributed by atoms with E-state index < -0.39 is 22.0 Å². The minimum Gasteiger partial charge on any atom is -0.340 e. The van der Waals surface area contributed by atoms with Gasteiger partial charge in [-0.3, -0.25) is 0 Å². The van der Waals surface area contributed by atoms with Gasteiger partial charge in [0, 0.05) is 37.3 Å². The number of anilines is 2. The molecular formula is C20H20F3N5O2S. The van der Waals surface area contributed by atoms with Crippen LogP contribution in [-0.4, -0.2) is 60.8 Å². The van der Waals surface area contributed by atoms with Gasteiger partial charge in [-0.05, 0) is 43.4 Å². The fraction of sp³-hybridized carbons (Fsp3) is 0.300. The molecule has 1 N–H and O–H groups in total. The van der Waals surface area contributed by atoms with Crippen molar-refractivity contribution in [3.8, 4) is 0 Å². The lowest BCUT2D eigenvalue weighted by molar-refractivity contribution is -0.144. The zero-order chi connectivity index (χ0) is 22.2. The number of para-hydroxylation sites is 1. The Balaban J connectivity index is 1.62. The van der Waals surface area contributed by atoms with Crippen molar-refractivity contribution in [2.24, 2.45) is 0 Å². The van der Waals surface area contributed by atoms with Crippen molar-refractivity contribution in [1.29, 1.82) is 0 Å². The molecule has 2 heterocycles. The lowest BCUT2D eigenvalue weighted by atomic mass is 10.2. The first kappa shape index (κ1) is 21.5. The van der Waals surface area contributed by atoms with Crippen LogP contribution < -0.4 is 5.32 Å². The zero-order valence-electron chi connectivity index (χ0n) is 16.6. The van der Waals surface area contributed by atoms with Crippen molar-refractivity contribution in [3.63, 3.8) is 0 Å². The number of alkyl halides is 3. The predicted molar refractivity (Wildman–Crippen MR) is 111 cm³/mol. The Bertz CT molecular complexity index is 1190. The second-order valence-corrected chi connectivity index (χ2v) is 9.21. The molecule has 0 saturated carbocycles. The predicted octanol–water partition coefficient (Wildman–Crippen LogP) is 3.33. The number of hydrogen-bond donors (Lipinski definition) is 1. The molecule has 3 aromatic rings. The van der Waals surface area contributed by atoms with Crippen LogP contribution in [-0.2, 0) is 16.2 Å². The van der Waals surface area contributed by atoms with Crippen molar-refractivity contribution >= 4 is 32.4 Å². The topological polar surface area (TPSA) is 78.4 Å². The van der Waals surface area contributed by atoms with Gasteiger partial charge in [0.2, 0.25) is 15.8 Å². The highest BCUT2D eigenvalue weighted by Crippen LogP contribution is 2.31. The number of likely N-dealkylation sites (N-methyl/N-ethyl adjacent to an activating group) is 1. The molecule has 0 unspecified atom stereocenters. The van der Waals surface area contributed by atoms with Crippen LogP contribution in [0, 0.1) is 0 Å². The quantitative estimate of drug-likeness (QED) is 0.656. The highest BCUT2D eigenvalue weighted by molar-refractivity contribution is 7.89. The van der Waals surface area contributed by atoms with Crippen molar-refractivity contribution in [1.82, 2.24) is 19.2 Å². The fourth-order valence-electron chi connectivity index (χ4n) is 3.32. The average molecular weight is 451 g/mol. The molecule has 0 spiro atoms. The van der Waals surface area contributed by atoms with E-state index in [4.69, 9.17) is 0 Å². The first-order valence-corrected chi connectivity index (χ1v) is 11.0. The molecule has 1 aliphatic heterocycles. The van der Waals surface area contributed by atoms with E-state index >= 15 is 0 Å². The molecule has 31 heavy (non-hydrogen) atoms. The number of halogens is 3. The third-order valence-corrected chi connectivity index (χ3v) is 6.99. The standard InChI is InChI=1S/C20H20F3N5O2S/c1-27-10-12-28(13-11-27)31(29,30)15-8-6-14(7-9-15)24-18-16-4-2-3-5-17(16)25-19(26-18)20(21,22)23/h2-9H,10-13H2,1H3,(H,24,25,26). The SMILES string of the molecule is CN1CCN(S(=O)(=O)c2ccc(Nc3nc(C(F)(F)F)nc4ccccc34)cc2)CC1. The van der Waals surface area contributed by atoms with E-state index in [0.717, 1.165) is 0 Å². The number of nitrogens with one attached hydrogen (secondary N) is 1. The van der Waals surface area contributed by atoms with Crippen LogP contribution in [0.3, 0.4) is 0 Å². The Morgan fingerprint density at radius 1 is 0.935 bits per heavy atom. The van der Waals surface area contributed by atoms with E-state index in [0.29, 0.717) is 37.3 Å². The molecule has 0 radical (unpaired) electrons. The molecule has 0 aliphatic carbocycles. The number of rotatable bonds is 4. The summed E-state index contributed by atoms with van der Waals surface area (Å²) in [4.78, 5) is 9.42. The van der Waals surface area contributed by atoms with Crippen LogP contribution in [0.25, 0.3) is 10.9 Å². The van der Waals surface area contributed by atoms with Crippen molar-refractivity contribution in [3.05, 3.63) is 54.4 Å². The number of nitrogens with zero attached hydrogens (tertiary/aromatic N) is 4. The third-order valence-electron chi connectivity index (χ3n) is 5.07. The minimum absolute atomic E-state index is 0.00685. The van der Waals surface area contributed by atoms with Gasteiger partial charge in [0.15, 0.2) is 0 Å². The van der Waals surface area contributed by atoms with Gasteiger partial charge in [-0.15, -0.1) is 0 Å². The Morgan fingerprint density at radius 2 is 1.58 bits per heavy atom. The molecule has 4 rings (SSSR count). The molecular weight excluding hydrogens is 431 g/mol. The Hall–Kier alpha value is -2.76. The maximum Gasteiger partial charge on any atom is 0.451 e. The van der Waals surface area contributed by atoms with Gasteiger partial charge in [0.1, 0.15) is 5.82 Å². The highest BCUT2D eigenvalue weighted by atomic mass is 32.2. The summed E-state index contributed by atoms with van der Waals surface area (Å²) in [6, 6.07) is 12.2. The van der Waals surface area contributed by atoms with E-state index in [9.17, 15) is 21.6 Å². The van der Waals surface area contributed by atoms with Gasteiger partial charge in [-0.25, -0.2) is 18.4 Å². The summed E-state index contributed by atoms with van der Waals surface area (Å²) in [5.74, 6) is -1.25. The van der Waals surface area contributed by atoms with Crippen LogP contribution in [0.15, 0.2) is 53.4 Å². The lowest BCUT2D eigenvalue weighted by Gasteiger charge is -2.31. The van der Waals surface area contributed by atoms with E-state index in [1.165, 1.54) is 34.6 Å². The summed E-state index contributed by atoms with van der Waals surface area (Å²) in [6.07, 6.45) is -4.69. The molecule has 7 nitrogen and oxygen atoms in total. The molecule has 164 valence electrons. The number of fused-ring (bicyclic) bond motifs is 1. The third kappa shape index (κ3) is 4.48. The van der Waals surface area contributed by atoms with Gasteiger partial charge >= 0.3 is 6.18 Å². The van der Waals surface area contributed by atoms with Crippen LogP contribution >= 0.6 is 0 Å². The molecule has 0 bridgehead atoms. The van der Waals surface area contributed by atoms with E-state index in [2.05, 4.69) is 20.2 Å². The summed E-state index contributed by atoms with van der Waals surface area (Å²) >= 11 is 0. The van der Waals surface area contributed by atoms with Crippen LogP contribution in [0.4, 0.5) is 24.7 Å². The molecule has 2 aromatic carbocycles. The first-order valence-electron chi connectivity index (χ1n) is 9.54. The fourth-order valence-corrected chi connectivity index (χ4v) is 4.75. The molecule has 0 atom stereocenters. The number of aromatic nitrogens is 2. The zero-order valence-corrected chi connectivity index (χ0v) is 17.4. The second-order valence-electron chi connectivity index (χ2n) is 7.27. The first-order chi connectivity index (χ1) is 14.6. The number of benzene rings is 2. The van der Waals surface area contributed by atoms with Gasteiger partial charge in [0.05, 0.1) is 10.4 Å². The molecule has 1 aliphatic rings. The largest absolute Gasteiger partial charge is 0.451 e. The van der Waals surface area contributed by atoms with Crippen molar-refractivity contribution in [2.75, 3.05) is 38.5 Å². The van der Waals surface area contributed by atoms with Crippen LogP contribution in [0.2, 0.25) is 0 Å². The van der Waals surface area contributed by atoms with Gasteiger partial charge < -0.3 is 10.2 Å². The number of piperazine rings is 1. The Labute approximate surface area is 177 Å². The van der Waals surface area contributed by atoms with Crippen molar-refractivity contribution in [2.45, 2.75) is 11.1 Å². The molecule has 1 fully saturated rings. The summed E-state index contributed by atoms with van der Waals surface area (Å²) in [5, 5.41) is 3.28. The summed E-state index contributed by atoms with van der Waals surface area (Å²) in [6.45, 7) is 2.13.